The Morgan fingerprint density at radius 3 is 2.48 bits per heavy atom. The van der Waals surface area contributed by atoms with Crippen LogP contribution in [-0.4, -0.2) is 28.2 Å². The van der Waals surface area contributed by atoms with Gasteiger partial charge in [0.05, 0.1) is 17.4 Å². The molecule has 0 aliphatic rings. The first-order valence-corrected chi connectivity index (χ1v) is 9.00. The first kappa shape index (κ1) is 20.7. The zero-order chi connectivity index (χ0) is 20.0. The van der Waals surface area contributed by atoms with Crippen LogP contribution in [-0.2, 0) is 0 Å². The molecule has 27 heavy (non-hydrogen) atoms. The van der Waals surface area contributed by atoms with Crippen LogP contribution in [0.3, 0.4) is 0 Å². The molecule has 2 aromatic carbocycles. The summed E-state index contributed by atoms with van der Waals surface area (Å²) >= 11 is 10.9. The maximum absolute atomic E-state index is 12.3. The first-order valence-electron chi connectivity index (χ1n) is 8.22. The number of benzene rings is 2. The maximum atomic E-state index is 12.3. The number of rotatable bonds is 6. The summed E-state index contributed by atoms with van der Waals surface area (Å²) < 4.78 is 5.67. The molecule has 1 amide bonds. The van der Waals surface area contributed by atoms with E-state index in [2.05, 4.69) is 10.6 Å². The van der Waals surface area contributed by atoms with Gasteiger partial charge in [-0.3, -0.25) is 10.1 Å². The predicted molar refractivity (Wildman–Crippen MR) is 109 cm³/mol. The Kier molecular flexibility index (Phi) is 7.15. The molecular weight excluding hydrogens is 388 g/mol. The maximum Gasteiger partial charge on any atom is 0.337 e. The number of hydrogen-bond acceptors (Lipinski definition) is 4. The van der Waals surface area contributed by atoms with E-state index in [0.29, 0.717) is 11.3 Å². The smallest absolute Gasteiger partial charge is 0.337 e. The van der Waals surface area contributed by atoms with Gasteiger partial charge >= 0.3 is 5.97 Å². The summed E-state index contributed by atoms with van der Waals surface area (Å²) in [5.41, 5.74) is 0.574. The number of carboxylic acid groups (broad SMARTS) is 1. The van der Waals surface area contributed by atoms with Gasteiger partial charge in [0, 0.05) is 10.6 Å². The Hall–Kier alpha value is -2.64. The van der Waals surface area contributed by atoms with Gasteiger partial charge in [-0.25, -0.2) is 4.79 Å². The van der Waals surface area contributed by atoms with Gasteiger partial charge in [0.2, 0.25) is 0 Å². The van der Waals surface area contributed by atoms with Gasteiger partial charge in [-0.1, -0.05) is 18.5 Å². The first-order chi connectivity index (χ1) is 12.8. The number of anilines is 1. The highest BCUT2D eigenvalue weighted by molar-refractivity contribution is 7.80. The zero-order valence-electron chi connectivity index (χ0n) is 14.8. The molecule has 142 valence electrons. The van der Waals surface area contributed by atoms with E-state index in [4.69, 9.17) is 28.6 Å². The molecule has 0 aromatic heterocycles. The highest BCUT2D eigenvalue weighted by Crippen LogP contribution is 2.21. The number of hydrogen-bond donors (Lipinski definition) is 3. The van der Waals surface area contributed by atoms with Crippen LogP contribution < -0.4 is 15.4 Å². The van der Waals surface area contributed by atoms with Gasteiger partial charge in [0.15, 0.2) is 5.11 Å². The average molecular weight is 407 g/mol. The van der Waals surface area contributed by atoms with E-state index in [0.717, 1.165) is 6.42 Å². The lowest BCUT2D eigenvalue weighted by Gasteiger charge is -2.13. The molecule has 0 radical (unpaired) electrons. The van der Waals surface area contributed by atoms with E-state index in [1.54, 1.807) is 24.3 Å². The van der Waals surface area contributed by atoms with Gasteiger partial charge < -0.3 is 15.2 Å². The monoisotopic (exact) mass is 406 g/mol. The van der Waals surface area contributed by atoms with Crippen molar-refractivity contribution in [1.29, 1.82) is 0 Å². The third-order valence-electron chi connectivity index (χ3n) is 3.72. The minimum Gasteiger partial charge on any atom is -0.491 e. The standard InChI is InChI=1S/C19H19ClN2O4S/c1-3-11(2)26-14-7-4-12(5-8-14)17(23)22-19(27)21-16-9-6-13(20)10-15(16)18(24)25/h4-11H,3H2,1-2H3,(H,24,25)(H2,21,22,23,27)/t11-/m0/s1. The summed E-state index contributed by atoms with van der Waals surface area (Å²) in [4.78, 5) is 23.6. The Morgan fingerprint density at radius 2 is 1.89 bits per heavy atom. The third-order valence-corrected chi connectivity index (χ3v) is 4.16. The lowest BCUT2D eigenvalue weighted by Crippen LogP contribution is -2.34. The minimum atomic E-state index is -1.16. The second kappa shape index (κ2) is 9.34. The fourth-order valence-electron chi connectivity index (χ4n) is 2.13. The highest BCUT2D eigenvalue weighted by atomic mass is 35.5. The van der Waals surface area contributed by atoms with E-state index in [9.17, 15) is 14.7 Å². The van der Waals surface area contributed by atoms with Crippen LogP contribution in [0.1, 0.15) is 41.0 Å². The van der Waals surface area contributed by atoms with Crippen LogP contribution >= 0.6 is 23.8 Å². The fourth-order valence-corrected chi connectivity index (χ4v) is 2.51. The van der Waals surface area contributed by atoms with Gasteiger partial charge in [-0.05, 0) is 68.0 Å². The van der Waals surface area contributed by atoms with Crippen molar-refractivity contribution in [2.75, 3.05) is 5.32 Å². The molecule has 2 rings (SSSR count). The molecule has 0 aliphatic heterocycles. The van der Waals surface area contributed by atoms with E-state index in [-0.39, 0.29) is 27.5 Å². The highest BCUT2D eigenvalue weighted by Gasteiger charge is 2.14. The van der Waals surface area contributed by atoms with Crippen LogP contribution in [0.25, 0.3) is 0 Å². The predicted octanol–water partition coefficient (Wildman–Crippen LogP) is 4.34. The quantitative estimate of drug-likeness (QED) is 0.618. The van der Waals surface area contributed by atoms with Gasteiger partial charge in [0.25, 0.3) is 5.91 Å². The van der Waals surface area contributed by atoms with Crippen LogP contribution in [0.5, 0.6) is 5.75 Å². The van der Waals surface area contributed by atoms with Gasteiger partial charge in [-0.15, -0.1) is 0 Å². The fraction of sp³-hybridized carbons (Fsp3) is 0.211. The van der Waals surface area contributed by atoms with Gasteiger partial charge in [0.1, 0.15) is 5.75 Å². The Morgan fingerprint density at radius 1 is 1.22 bits per heavy atom. The molecule has 0 spiro atoms. The number of thiocarbonyl (C=S) groups is 1. The molecule has 0 saturated carbocycles. The number of carbonyl (C=O) groups excluding carboxylic acids is 1. The summed E-state index contributed by atoms with van der Waals surface area (Å²) in [6, 6.07) is 11.0. The number of ether oxygens (including phenoxy) is 1. The second-order valence-corrected chi connectivity index (χ2v) is 6.61. The summed E-state index contributed by atoms with van der Waals surface area (Å²) in [6.45, 7) is 3.99. The van der Waals surface area contributed by atoms with Crippen molar-refractivity contribution >= 4 is 46.5 Å². The molecule has 0 aliphatic carbocycles. The molecule has 3 N–H and O–H groups in total. The van der Waals surface area contributed by atoms with Crippen LogP contribution in [0, 0.1) is 0 Å². The second-order valence-electron chi connectivity index (χ2n) is 5.76. The summed E-state index contributed by atoms with van der Waals surface area (Å²) in [6.07, 6.45) is 0.967. The summed E-state index contributed by atoms with van der Waals surface area (Å²) in [5.74, 6) is -0.909. The molecular formula is C19H19ClN2O4S. The van der Waals surface area contributed by atoms with E-state index < -0.39 is 11.9 Å². The molecule has 1 atom stereocenters. The van der Waals surface area contributed by atoms with Crippen molar-refractivity contribution in [1.82, 2.24) is 5.32 Å². The number of halogens is 1. The molecule has 0 unspecified atom stereocenters. The number of amides is 1. The molecule has 6 nitrogen and oxygen atoms in total. The number of aromatic carboxylic acids is 1. The molecule has 0 bridgehead atoms. The number of carboxylic acids is 1. The van der Waals surface area contributed by atoms with E-state index >= 15 is 0 Å². The molecule has 8 heteroatoms. The van der Waals surface area contributed by atoms with E-state index in [1.165, 1.54) is 18.2 Å². The third kappa shape index (κ3) is 5.94. The average Bonchev–Trinajstić information content (AvgIpc) is 2.63. The van der Waals surface area contributed by atoms with Crippen LogP contribution in [0.4, 0.5) is 5.69 Å². The number of carbonyl (C=O) groups is 2. The Labute approximate surface area is 167 Å². The number of nitrogens with one attached hydrogen (secondary N) is 2. The van der Waals surface area contributed by atoms with Gasteiger partial charge in [-0.2, -0.15) is 0 Å². The van der Waals surface area contributed by atoms with Crippen molar-refractivity contribution < 1.29 is 19.4 Å². The summed E-state index contributed by atoms with van der Waals surface area (Å²) in [7, 11) is 0. The lowest BCUT2D eigenvalue weighted by atomic mass is 10.2. The lowest BCUT2D eigenvalue weighted by molar-refractivity contribution is 0.0697. The van der Waals surface area contributed by atoms with Crippen LogP contribution in [0.2, 0.25) is 5.02 Å². The van der Waals surface area contributed by atoms with Crippen LogP contribution in [0.15, 0.2) is 42.5 Å². The molecule has 0 fully saturated rings. The minimum absolute atomic E-state index is 0.0234. The summed E-state index contributed by atoms with van der Waals surface area (Å²) in [5, 5.41) is 14.7. The van der Waals surface area contributed by atoms with Crippen molar-refractivity contribution in [3.05, 3.63) is 58.6 Å². The van der Waals surface area contributed by atoms with Crippen molar-refractivity contribution in [2.45, 2.75) is 26.4 Å². The largest absolute Gasteiger partial charge is 0.491 e. The Bertz CT molecular complexity index is 855. The normalized spacial score (nSPS) is 11.4. The zero-order valence-corrected chi connectivity index (χ0v) is 16.4. The topological polar surface area (TPSA) is 87.7 Å². The van der Waals surface area contributed by atoms with Crippen molar-refractivity contribution in [2.24, 2.45) is 0 Å². The van der Waals surface area contributed by atoms with Crippen molar-refractivity contribution in [3.8, 4) is 5.75 Å². The molecule has 0 heterocycles. The van der Waals surface area contributed by atoms with E-state index in [1.807, 2.05) is 13.8 Å². The SMILES string of the molecule is CC[C@H](C)Oc1ccc(C(=O)NC(=S)Nc2ccc(Cl)cc2C(=O)O)cc1. The van der Waals surface area contributed by atoms with Crippen molar-refractivity contribution in [3.63, 3.8) is 0 Å². The molecule has 2 aromatic rings. The molecule has 0 saturated heterocycles. The Balaban J connectivity index is 2.02.